The maximum Gasteiger partial charge on any atom is 0.338 e. The lowest BCUT2D eigenvalue weighted by atomic mass is 9.95. The standard InChI is InChI=1S/C33H31FN2O6S/c1-5-40-27-17-22(13-16-26(27)42-19-21-11-14-23(34)15-12-21)18-28-31(37)36-30(24-9-7-8-10-25(24)39-4)29(32(38)41-6-2)20(3)35-33(36)43-28/h7-18,30H,5-6,19H2,1-4H3. The second-order valence-electron chi connectivity index (χ2n) is 9.60. The lowest BCUT2D eigenvalue weighted by Crippen LogP contribution is -2.40. The van der Waals surface area contributed by atoms with Crippen LogP contribution < -0.4 is 29.1 Å². The summed E-state index contributed by atoms with van der Waals surface area (Å²) in [5.41, 5.74) is 2.64. The van der Waals surface area contributed by atoms with Crippen molar-refractivity contribution in [2.75, 3.05) is 20.3 Å². The zero-order valence-corrected chi connectivity index (χ0v) is 25.1. The van der Waals surface area contributed by atoms with Gasteiger partial charge in [0.1, 0.15) is 24.2 Å². The number of allylic oxidation sites excluding steroid dienone is 1. The van der Waals surface area contributed by atoms with Crippen LogP contribution in [0.5, 0.6) is 17.2 Å². The van der Waals surface area contributed by atoms with Gasteiger partial charge in [-0.3, -0.25) is 9.36 Å². The monoisotopic (exact) mass is 602 g/mol. The molecule has 1 unspecified atom stereocenters. The fraction of sp³-hybridized carbons (Fsp3) is 0.242. The fourth-order valence-corrected chi connectivity index (χ4v) is 5.92. The van der Waals surface area contributed by atoms with E-state index >= 15 is 0 Å². The number of ether oxygens (including phenoxy) is 4. The summed E-state index contributed by atoms with van der Waals surface area (Å²) >= 11 is 1.23. The minimum atomic E-state index is -0.783. The number of nitrogens with zero attached hydrogens (tertiary/aromatic N) is 2. The van der Waals surface area contributed by atoms with Crippen LogP contribution in [0.4, 0.5) is 4.39 Å². The van der Waals surface area contributed by atoms with Gasteiger partial charge in [-0.1, -0.05) is 47.7 Å². The second-order valence-corrected chi connectivity index (χ2v) is 10.6. The molecule has 1 aromatic heterocycles. The molecule has 10 heteroatoms. The SMILES string of the molecule is CCOC(=O)C1=C(C)N=c2sc(=Cc3ccc(OCc4ccc(F)cc4)c(OCC)c3)c(=O)n2C1c1ccccc1OC. The topological polar surface area (TPSA) is 88.4 Å². The first kappa shape index (κ1) is 29.8. The van der Waals surface area contributed by atoms with Crippen molar-refractivity contribution < 1.29 is 28.1 Å². The predicted molar refractivity (Wildman–Crippen MR) is 162 cm³/mol. The summed E-state index contributed by atoms with van der Waals surface area (Å²) in [4.78, 5) is 32.2. The zero-order chi connectivity index (χ0) is 30.5. The number of esters is 1. The summed E-state index contributed by atoms with van der Waals surface area (Å²) in [7, 11) is 1.55. The van der Waals surface area contributed by atoms with Crippen LogP contribution in [0.2, 0.25) is 0 Å². The van der Waals surface area contributed by atoms with Crippen molar-refractivity contribution in [1.29, 1.82) is 0 Å². The number of fused-ring (bicyclic) bond motifs is 1. The van der Waals surface area contributed by atoms with E-state index in [1.165, 1.54) is 28.0 Å². The van der Waals surface area contributed by atoms with Gasteiger partial charge in [0.2, 0.25) is 0 Å². The molecule has 0 aliphatic carbocycles. The van der Waals surface area contributed by atoms with Crippen molar-refractivity contribution in [3.05, 3.63) is 120 Å². The third kappa shape index (κ3) is 6.24. The predicted octanol–water partition coefficient (Wildman–Crippen LogP) is 4.92. The highest BCUT2D eigenvalue weighted by atomic mass is 32.1. The molecular weight excluding hydrogens is 571 g/mol. The molecule has 0 spiro atoms. The molecule has 0 saturated carbocycles. The average molecular weight is 603 g/mol. The minimum absolute atomic E-state index is 0.185. The Morgan fingerprint density at radius 1 is 1.00 bits per heavy atom. The highest BCUT2D eigenvalue weighted by Crippen LogP contribution is 2.36. The smallest absolute Gasteiger partial charge is 0.338 e. The van der Waals surface area contributed by atoms with Crippen LogP contribution in [0.25, 0.3) is 6.08 Å². The molecule has 8 nitrogen and oxygen atoms in total. The average Bonchev–Trinajstić information content (AvgIpc) is 3.30. The van der Waals surface area contributed by atoms with Gasteiger partial charge in [0, 0.05) is 5.56 Å². The number of hydrogen-bond donors (Lipinski definition) is 0. The zero-order valence-electron chi connectivity index (χ0n) is 24.3. The summed E-state index contributed by atoms with van der Waals surface area (Å²) in [6, 6.07) is 18.0. The number of rotatable bonds is 10. The van der Waals surface area contributed by atoms with Gasteiger partial charge >= 0.3 is 5.97 Å². The van der Waals surface area contributed by atoms with Crippen molar-refractivity contribution in [3.8, 4) is 17.2 Å². The quantitative estimate of drug-likeness (QED) is 0.240. The third-order valence-electron chi connectivity index (χ3n) is 6.82. The van der Waals surface area contributed by atoms with Gasteiger partial charge in [0.05, 0.1) is 36.1 Å². The first-order valence-electron chi connectivity index (χ1n) is 13.8. The minimum Gasteiger partial charge on any atom is -0.496 e. The van der Waals surface area contributed by atoms with Crippen molar-refractivity contribution in [2.24, 2.45) is 4.99 Å². The van der Waals surface area contributed by atoms with E-state index in [2.05, 4.69) is 4.99 Å². The molecule has 222 valence electrons. The molecule has 1 aliphatic rings. The lowest BCUT2D eigenvalue weighted by Gasteiger charge is -2.25. The molecule has 4 aromatic rings. The summed E-state index contributed by atoms with van der Waals surface area (Å²) in [5.74, 6) is 0.728. The van der Waals surface area contributed by atoms with E-state index in [1.54, 1.807) is 57.4 Å². The van der Waals surface area contributed by atoms with Gasteiger partial charge < -0.3 is 18.9 Å². The Morgan fingerprint density at radius 2 is 1.77 bits per heavy atom. The molecule has 1 aliphatic heterocycles. The Labute approximate surface area is 252 Å². The van der Waals surface area contributed by atoms with Crippen molar-refractivity contribution in [3.63, 3.8) is 0 Å². The van der Waals surface area contributed by atoms with Gasteiger partial charge in [-0.2, -0.15) is 0 Å². The van der Waals surface area contributed by atoms with Gasteiger partial charge in [-0.25, -0.2) is 14.2 Å². The van der Waals surface area contributed by atoms with Gasteiger partial charge in [-0.05, 0) is 68.3 Å². The molecule has 43 heavy (non-hydrogen) atoms. The molecule has 0 bridgehead atoms. The Morgan fingerprint density at radius 3 is 2.49 bits per heavy atom. The molecule has 0 N–H and O–H groups in total. The summed E-state index contributed by atoms with van der Waals surface area (Å²) < 4.78 is 38.0. The molecule has 5 rings (SSSR count). The van der Waals surface area contributed by atoms with Crippen LogP contribution in [0.15, 0.2) is 87.8 Å². The molecule has 2 heterocycles. The van der Waals surface area contributed by atoms with Crippen molar-refractivity contribution >= 4 is 23.4 Å². The number of hydrogen-bond acceptors (Lipinski definition) is 8. The first-order chi connectivity index (χ1) is 20.8. The van der Waals surface area contributed by atoms with E-state index in [0.717, 1.165) is 11.1 Å². The largest absolute Gasteiger partial charge is 0.496 e. The number of carbonyl (C=O) groups is 1. The van der Waals surface area contributed by atoms with Crippen molar-refractivity contribution in [2.45, 2.75) is 33.4 Å². The molecule has 0 fully saturated rings. The number of aromatic nitrogens is 1. The number of benzene rings is 3. The summed E-state index contributed by atoms with van der Waals surface area (Å²) in [6.45, 7) is 6.18. The van der Waals surface area contributed by atoms with E-state index in [0.29, 0.717) is 44.4 Å². The molecule has 0 amide bonds. The number of halogens is 1. The van der Waals surface area contributed by atoms with E-state index < -0.39 is 12.0 Å². The van der Waals surface area contributed by atoms with Crippen LogP contribution >= 0.6 is 11.3 Å². The molecule has 1 atom stereocenters. The van der Waals surface area contributed by atoms with Crippen molar-refractivity contribution in [1.82, 2.24) is 4.57 Å². The highest BCUT2D eigenvalue weighted by Gasteiger charge is 2.35. The molecule has 0 saturated heterocycles. The Bertz CT molecular complexity index is 1860. The molecule has 3 aromatic carbocycles. The van der Waals surface area contributed by atoms with E-state index in [-0.39, 0.29) is 30.2 Å². The van der Waals surface area contributed by atoms with E-state index in [4.69, 9.17) is 18.9 Å². The molecule has 0 radical (unpaired) electrons. The first-order valence-corrected chi connectivity index (χ1v) is 14.6. The van der Waals surface area contributed by atoms with Crippen LogP contribution in [0, 0.1) is 5.82 Å². The number of thiazole rings is 1. The van der Waals surface area contributed by atoms with Crippen LogP contribution in [0.1, 0.15) is 43.5 Å². The second kappa shape index (κ2) is 13.1. The van der Waals surface area contributed by atoms with Gasteiger partial charge in [-0.15, -0.1) is 0 Å². The number of carbonyl (C=O) groups excluding carboxylic acids is 1. The Kier molecular flexibility index (Phi) is 9.06. The van der Waals surface area contributed by atoms with E-state index in [1.807, 2.05) is 31.2 Å². The van der Waals surface area contributed by atoms with Gasteiger partial charge in [0.15, 0.2) is 16.3 Å². The van der Waals surface area contributed by atoms with Crippen LogP contribution in [-0.4, -0.2) is 30.9 Å². The van der Waals surface area contributed by atoms with Crippen LogP contribution in [-0.2, 0) is 16.1 Å². The van der Waals surface area contributed by atoms with E-state index in [9.17, 15) is 14.0 Å². The maximum absolute atomic E-state index is 14.0. The summed E-state index contributed by atoms with van der Waals surface area (Å²) in [6.07, 6.45) is 1.76. The highest BCUT2D eigenvalue weighted by molar-refractivity contribution is 7.07. The Hall–Kier alpha value is -4.70. The summed E-state index contributed by atoms with van der Waals surface area (Å²) in [5, 5.41) is 0. The Balaban J connectivity index is 1.57. The maximum atomic E-state index is 14.0. The lowest BCUT2D eigenvalue weighted by molar-refractivity contribution is -0.139. The number of para-hydroxylation sites is 1. The van der Waals surface area contributed by atoms with Crippen LogP contribution in [0.3, 0.4) is 0 Å². The van der Waals surface area contributed by atoms with Gasteiger partial charge in [0.25, 0.3) is 5.56 Å². The third-order valence-corrected chi connectivity index (χ3v) is 7.81. The molecular formula is C33H31FN2O6S. The normalized spacial score (nSPS) is 14.6. The fourth-order valence-electron chi connectivity index (χ4n) is 4.87. The number of methoxy groups -OCH3 is 1.